The van der Waals surface area contributed by atoms with Gasteiger partial charge in [0, 0.05) is 26.4 Å². The van der Waals surface area contributed by atoms with E-state index in [2.05, 4.69) is 0 Å². The summed E-state index contributed by atoms with van der Waals surface area (Å²) < 4.78 is 22.6. The average Bonchev–Trinajstić information content (AvgIpc) is 3.16. The molecule has 0 spiro atoms. The fourth-order valence-electron chi connectivity index (χ4n) is 2.48. The van der Waals surface area contributed by atoms with Crippen molar-refractivity contribution in [3.8, 4) is 0 Å². The molecule has 0 saturated carbocycles. The van der Waals surface area contributed by atoms with Gasteiger partial charge in [0.1, 0.15) is 6.23 Å². The highest BCUT2D eigenvalue weighted by Crippen LogP contribution is 2.40. The van der Waals surface area contributed by atoms with Crippen molar-refractivity contribution in [3.05, 3.63) is 48.2 Å². The molecule has 1 heterocycles. The molecule has 0 bridgehead atoms. The van der Waals surface area contributed by atoms with Crippen molar-refractivity contribution in [1.29, 1.82) is 0 Å². The van der Waals surface area contributed by atoms with Crippen LogP contribution in [0.3, 0.4) is 0 Å². The molecular weight excluding hydrogens is 371 g/mol. The molecule has 27 heavy (non-hydrogen) atoms. The van der Waals surface area contributed by atoms with Crippen LogP contribution >= 0.6 is 8.60 Å². The number of ether oxygens (including phenoxy) is 1. The quantitative estimate of drug-likeness (QED) is 0.349. The molecule has 1 aromatic carbocycles. The maximum atomic E-state index is 11.3. The second-order valence-electron chi connectivity index (χ2n) is 5.86. The van der Waals surface area contributed by atoms with Crippen molar-refractivity contribution < 1.29 is 27.9 Å². The van der Waals surface area contributed by atoms with Crippen LogP contribution in [0.1, 0.15) is 18.4 Å². The van der Waals surface area contributed by atoms with E-state index in [0.717, 1.165) is 18.4 Å². The van der Waals surface area contributed by atoms with Crippen LogP contribution in [0.2, 0.25) is 0 Å². The minimum absolute atomic E-state index is 0.0740. The normalized spacial score (nSPS) is 20.5. The molecule has 3 atom stereocenters. The highest BCUT2D eigenvalue weighted by atomic mass is 31.2. The molecule has 3 unspecified atom stereocenters. The lowest BCUT2D eigenvalue weighted by Gasteiger charge is -2.23. The molecule has 1 aliphatic rings. The van der Waals surface area contributed by atoms with Crippen LogP contribution in [0.15, 0.2) is 42.6 Å². The summed E-state index contributed by atoms with van der Waals surface area (Å²) in [6, 6.07) is 9.82. The Morgan fingerprint density at radius 2 is 2.11 bits per heavy atom. The molecule has 2 amide bonds. The Kier molecular flexibility index (Phi) is 9.38. The van der Waals surface area contributed by atoms with Gasteiger partial charge in [0.05, 0.1) is 19.3 Å². The van der Waals surface area contributed by atoms with Crippen LogP contribution in [0, 0.1) is 0 Å². The number of rotatable bonds is 11. The molecule has 8 nitrogen and oxygen atoms in total. The second kappa shape index (κ2) is 11.8. The van der Waals surface area contributed by atoms with Crippen LogP contribution in [0.5, 0.6) is 0 Å². The standard InChI is InChI=1S/C18H25N2O6P/c1-20(11-10-17(22)19-14-21)18-9-8-16(26-18)13-25-27(23-2)24-12-15-6-4-3-5-7-15/h3-7,10-11,14,16,18H,8-9,12-13H2,1-2H3,(H,19,21,22)/b11-10-. The van der Waals surface area contributed by atoms with E-state index in [0.29, 0.717) is 19.6 Å². The summed E-state index contributed by atoms with van der Waals surface area (Å²) in [5.41, 5.74) is 1.05. The van der Waals surface area contributed by atoms with Gasteiger partial charge in [-0.2, -0.15) is 0 Å². The molecule has 148 valence electrons. The van der Waals surface area contributed by atoms with E-state index in [4.69, 9.17) is 18.3 Å². The summed E-state index contributed by atoms with van der Waals surface area (Å²) >= 11 is 0. The number of hydrogen-bond donors (Lipinski definition) is 1. The molecule has 1 fully saturated rings. The van der Waals surface area contributed by atoms with Gasteiger partial charge >= 0.3 is 8.60 Å². The number of nitrogens with one attached hydrogen (secondary N) is 1. The van der Waals surface area contributed by atoms with Gasteiger partial charge in [0.2, 0.25) is 6.41 Å². The number of carbonyl (C=O) groups is 2. The Morgan fingerprint density at radius 3 is 2.81 bits per heavy atom. The van der Waals surface area contributed by atoms with E-state index in [9.17, 15) is 9.59 Å². The van der Waals surface area contributed by atoms with E-state index in [1.165, 1.54) is 6.08 Å². The summed E-state index contributed by atoms with van der Waals surface area (Å²) in [4.78, 5) is 23.2. The molecule has 1 aromatic rings. The van der Waals surface area contributed by atoms with Crippen molar-refractivity contribution in [2.24, 2.45) is 0 Å². The minimum atomic E-state index is -1.44. The van der Waals surface area contributed by atoms with Crippen molar-refractivity contribution in [1.82, 2.24) is 10.2 Å². The third kappa shape index (κ3) is 7.74. The van der Waals surface area contributed by atoms with Crippen molar-refractivity contribution in [2.75, 3.05) is 20.8 Å². The van der Waals surface area contributed by atoms with Crippen molar-refractivity contribution in [3.63, 3.8) is 0 Å². The average molecular weight is 396 g/mol. The zero-order chi connectivity index (χ0) is 19.5. The molecule has 1 saturated heterocycles. The maximum Gasteiger partial charge on any atom is 0.332 e. The first-order chi connectivity index (χ1) is 13.1. The van der Waals surface area contributed by atoms with Gasteiger partial charge < -0.3 is 23.2 Å². The van der Waals surface area contributed by atoms with Gasteiger partial charge in [-0.3, -0.25) is 14.9 Å². The predicted octanol–water partition coefficient (Wildman–Crippen LogP) is 2.32. The summed E-state index contributed by atoms with van der Waals surface area (Å²) in [7, 11) is 1.92. The molecule has 0 aliphatic carbocycles. The summed E-state index contributed by atoms with van der Waals surface area (Å²) in [5, 5.41) is 2.04. The number of imide groups is 1. The Balaban J connectivity index is 1.70. The number of hydrogen-bond acceptors (Lipinski definition) is 7. The van der Waals surface area contributed by atoms with Crippen LogP contribution in [0.25, 0.3) is 0 Å². The van der Waals surface area contributed by atoms with Gasteiger partial charge in [-0.05, 0) is 18.4 Å². The molecule has 1 N–H and O–H groups in total. The van der Waals surface area contributed by atoms with E-state index < -0.39 is 14.5 Å². The summed E-state index contributed by atoms with van der Waals surface area (Å²) in [6.07, 6.45) is 4.61. The Labute approximate surface area is 160 Å². The number of nitrogens with zero attached hydrogens (tertiary/aromatic N) is 1. The fourth-order valence-corrected chi connectivity index (χ4v) is 3.31. The lowest BCUT2D eigenvalue weighted by atomic mass is 10.2. The zero-order valence-corrected chi connectivity index (χ0v) is 16.3. The third-order valence-corrected chi connectivity index (χ3v) is 4.89. The Hall–Kier alpha value is -1.83. The molecule has 0 aromatic heterocycles. The number of benzene rings is 1. The third-order valence-electron chi connectivity index (χ3n) is 3.90. The van der Waals surface area contributed by atoms with Gasteiger partial charge in [0.25, 0.3) is 5.91 Å². The van der Waals surface area contributed by atoms with Gasteiger partial charge in [-0.25, -0.2) is 0 Å². The SMILES string of the molecule is COP(OCc1ccccc1)OCC1CCC(N(C)/C=C\C(=O)NC=O)O1. The topological polar surface area (TPSA) is 86.3 Å². The molecule has 0 radical (unpaired) electrons. The first kappa shape index (κ1) is 21.5. The molecule has 1 aliphatic heterocycles. The Bertz CT molecular complexity index is 615. The second-order valence-corrected chi connectivity index (χ2v) is 7.19. The van der Waals surface area contributed by atoms with E-state index in [1.807, 2.05) is 42.7 Å². The van der Waals surface area contributed by atoms with E-state index in [1.54, 1.807) is 18.2 Å². The lowest BCUT2D eigenvalue weighted by Crippen LogP contribution is -2.29. The van der Waals surface area contributed by atoms with E-state index >= 15 is 0 Å². The van der Waals surface area contributed by atoms with Crippen LogP contribution in [0.4, 0.5) is 0 Å². The predicted molar refractivity (Wildman–Crippen MR) is 100 cm³/mol. The fraction of sp³-hybridized carbons (Fsp3) is 0.444. The highest BCUT2D eigenvalue weighted by molar-refractivity contribution is 7.41. The van der Waals surface area contributed by atoms with Crippen LogP contribution in [-0.4, -0.2) is 50.3 Å². The first-order valence-electron chi connectivity index (χ1n) is 8.56. The summed E-state index contributed by atoms with van der Waals surface area (Å²) in [6.45, 7) is 0.791. The van der Waals surface area contributed by atoms with Gasteiger partial charge in [-0.1, -0.05) is 30.3 Å². The zero-order valence-electron chi connectivity index (χ0n) is 15.4. The number of amides is 2. The molecule has 2 rings (SSSR count). The van der Waals surface area contributed by atoms with Crippen LogP contribution in [-0.2, 0) is 34.5 Å². The smallest absolute Gasteiger partial charge is 0.332 e. The Morgan fingerprint density at radius 1 is 1.33 bits per heavy atom. The van der Waals surface area contributed by atoms with Crippen molar-refractivity contribution in [2.45, 2.75) is 31.8 Å². The lowest BCUT2D eigenvalue weighted by molar-refractivity contribution is -0.121. The molecular formula is C18H25N2O6P. The van der Waals surface area contributed by atoms with Gasteiger partial charge in [0.15, 0.2) is 0 Å². The van der Waals surface area contributed by atoms with E-state index in [-0.39, 0.29) is 12.3 Å². The van der Waals surface area contributed by atoms with Crippen molar-refractivity contribution >= 4 is 20.9 Å². The number of carbonyl (C=O) groups excluding carboxylic acids is 2. The minimum Gasteiger partial charge on any atom is -0.355 e. The maximum absolute atomic E-state index is 11.3. The van der Waals surface area contributed by atoms with Gasteiger partial charge in [-0.15, -0.1) is 0 Å². The first-order valence-corrected chi connectivity index (χ1v) is 9.65. The highest BCUT2D eigenvalue weighted by Gasteiger charge is 2.28. The monoisotopic (exact) mass is 396 g/mol. The van der Waals surface area contributed by atoms with Crippen LogP contribution < -0.4 is 5.32 Å². The summed E-state index contributed by atoms with van der Waals surface area (Å²) in [5.74, 6) is -0.476. The largest absolute Gasteiger partial charge is 0.355 e. The molecule has 9 heteroatoms.